The van der Waals surface area contributed by atoms with Crippen LogP contribution in [0.15, 0.2) is 65.5 Å². The van der Waals surface area contributed by atoms with E-state index in [9.17, 15) is 9.59 Å². The normalized spacial score (nSPS) is 15.8. The van der Waals surface area contributed by atoms with Crippen molar-refractivity contribution in [3.05, 3.63) is 82.1 Å². The highest BCUT2D eigenvalue weighted by Gasteiger charge is 2.31. The van der Waals surface area contributed by atoms with Gasteiger partial charge < -0.3 is 19.5 Å². The average Bonchev–Trinajstić information content (AvgIpc) is 2.84. The molecule has 1 aliphatic heterocycles. The number of likely N-dealkylation sites (tertiary alicyclic amines) is 1. The van der Waals surface area contributed by atoms with Crippen LogP contribution in [0.3, 0.4) is 0 Å². The number of fused-ring (bicyclic) bond motifs is 1. The molecule has 1 fully saturated rings. The summed E-state index contributed by atoms with van der Waals surface area (Å²) in [5, 5.41) is 4.65. The fourth-order valence-electron chi connectivity index (χ4n) is 5.05. The van der Waals surface area contributed by atoms with Gasteiger partial charge in [0, 0.05) is 38.8 Å². The van der Waals surface area contributed by atoms with Crippen LogP contribution in [0.4, 0.5) is 4.79 Å². The third-order valence-electron chi connectivity index (χ3n) is 6.87. The Morgan fingerprint density at radius 1 is 1.06 bits per heavy atom. The van der Waals surface area contributed by atoms with Gasteiger partial charge in [-0.05, 0) is 68.5 Å². The fourth-order valence-corrected chi connectivity index (χ4v) is 5.05. The number of carbonyl (C=O) groups is 1. The number of pyridine rings is 1. The van der Waals surface area contributed by atoms with Gasteiger partial charge in [-0.15, -0.1) is 0 Å². The van der Waals surface area contributed by atoms with Gasteiger partial charge in [0.25, 0.3) is 5.56 Å². The van der Waals surface area contributed by atoms with E-state index in [1.54, 1.807) is 4.57 Å². The van der Waals surface area contributed by atoms with Crippen molar-refractivity contribution in [2.75, 3.05) is 19.6 Å². The van der Waals surface area contributed by atoms with Crippen LogP contribution in [0.1, 0.15) is 50.7 Å². The van der Waals surface area contributed by atoms with Crippen LogP contribution in [-0.4, -0.2) is 40.8 Å². The monoisotopic (exact) mass is 475 g/mol. The number of hydrogen-bond donors (Lipinski definition) is 1. The van der Waals surface area contributed by atoms with Gasteiger partial charge in [-0.2, -0.15) is 0 Å². The number of aromatic nitrogens is 1. The molecule has 6 heteroatoms. The van der Waals surface area contributed by atoms with Crippen molar-refractivity contribution in [2.45, 2.75) is 51.7 Å². The Labute approximate surface area is 207 Å². The van der Waals surface area contributed by atoms with Gasteiger partial charge in [-0.3, -0.25) is 4.79 Å². The number of para-hydroxylation sites is 1. The number of carbonyl (C=O) groups excluding carboxylic acids is 1. The zero-order valence-corrected chi connectivity index (χ0v) is 21.3. The summed E-state index contributed by atoms with van der Waals surface area (Å²) < 4.78 is 7.30. The number of nitrogens with zero attached hydrogens (tertiary/aromatic N) is 2. The molecule has 1 saturated heterocycles. The van der Waals surface area contributed by atoms with Crippen LogP contribution in [0.5, 0.6) is 0 Å². The number of nitrogens with one attached hydrogen (secondary N) is 1. The minimum atomic E-state index is -0.482. The highest BCUT2D eigenvalue weighted by molar-refractivity contribution is 5.79. The Morgan fingerprint density at radius 3 is 2.40 bits per heavy atom. The van der Waals surface area contributed by atoms with Crippen molar-refractivity contribution in [3.8, 4) is 0 Å². The Morgan fingerprint density at radius 2 is 1.71 bits per heavy atom. The lowest BCUT2D eigenvalue weighted by Crippen LogP contribution is -2.43. The molecule has 3 aromatic rings. The molecule has 35 heavy (non-hydrogen) atoms. The third-order valence-corrected chi connectivity index (χ3v) is 6.87. The van der Waals surface area contributed by atoms with Gasteiger partial charge >= 0.3 is 6.09 Å². The number of aryl methyl sites for hydroxylation is 1. The molecule has 0 bridgehead atoms. The number of hydrogen-bond acceptors (Lipinski definition) is 4. The van der Waals surface area contributed by atoms with Crippen molar-refractivity contribution in [1.29, 1.82) is 0 Å². The lowest BCUT2D eigenvalue weighted by Gasteiger charge is -2.37. The van der Waals surface area contributed by atoms with Crippen LogP contribution in [0.25, 0.3) is 10.9 Å². The summed E-state index contributed by atoms with van der Waals surface area (Å²) in [6.45, 7) is 8.41. The van der Waals surface area contributed by atoms with Crippen molar-refractivity contribution < 1.29 is 9.53 Å². The minimum Gasteiger partial charge on any atom is -0.444 e. The number of piperidine rings is 1. The van der Waals surface area contributed by atoms with Crippen LogP contribution >= 0.6 is 0 Å². The van der Waals surface area contributed by atoms with Gasteiger partial charge in [-0.1, -0.05) is 48.5 Å². The average molecular weight is 476 g/mol. The largest absolute Gasteiger partial charge is 0.444 e. The maximum Gasteiger partial charge on any atom is 0.410 e. The molecule has 1 unspecified atom stereocenters. The van der Waals surface area contributed by atoms with Crippen molar-refractivity contribution in [2.24, 2.45) is 13.0 Å². The van der Waals surface area contributed by atoms with Gasteiger partial charge in [0.2, 0.25) is 0 Å². The van der Waals surface area contributed by atoms with E-state index in [1.807, 2.05) is 69.1 Å². The molecule has 1 N–H and O–H groups in total. The fraction of sp³-hybridized carbons (Fsp3) is 0.448. The highest BCUT2D eigenvalue weighted by Crippen LogP contribution is 2.33. The van der Waals surface area contributed by atoms with Crippen LogP contribution in [-0.2, 0) is 18.3 Å². The smallest absolute Gasteiger partial charge is 0.410 e. The quantitative estimate of drug-likeness (QED) is 0.541. The molecule has 1 aliphatic rings. The molecule has 0 saturated carbocycles. The van der Waals surface area contributed by atoms with E-state index in [-0.39, 0.29) is 11.7 Å². The van der Waals surface area contributed by atoms with E-state index >= 15 is 0 Å². The molecule has 1 amide bonds. The maximum absolute atomic E-state index is 12.9. The molecule has 0 radical (unpaired) electrons. The van der Waals surface area contributed by atoms with Gasteiger partial charge in [0.1, 0.15) is 5.60 Å². The molecule has 6 nitrogen and oxygen atoms in total. The predicted octanol–water partition coefficient (Wildman–Crippen LogP) is 5.06. The molecule has 1 atom stereocenters. The van der Waals surface area contributed by atoms with Gasteiger partial charge in [0.15, 0.2) is 0 Å². The van der Waals surface area contributed by atoms with Crippen LogP contribution < -0.4 is 10.9 Å². The summed E-state index contributed by atoms with van der Waals surface area (Å²) in [6, 6.07) is 20.5. The minimum absolute atomic E-state index is 0.0399. The topological polar surface area (TPSA) is 63.6 Å². The molecule has 0 spiro atoms. The van der Waals surface area contributed by atoms with E-state index in [1.165, 1.54) is 5.56 Å². The van der Waals surface area contributed by atoms with Crippen molar-refractivity contribution in [3.63, 3.8) is 0 Å². The lowest BCUT2D eigenvalue weighted by molar-refractivity contribution is 0.0174. The molecule has 0 aliphatic carbocycles. The Kier molecular flexibility index (Phi) is 7.60. The highest BCUT2D eigenvalue weighted by atomic mass is 16.6. The van der Waals surface area contributed by atoms with Crippen molar-refractivity contribution in [1.82, 2.24) is 14.8 Å². The van der Waals surface area contributed by atoms with Crippen molar-refractivity contribution >= 4 is 17.0 Å². The molecule has 2 aromatic carbocycles. The lowest BCUT2D eigenvalue weighted by atomic mass is 9.80. The summed E-state index contributed by atoms with van der Waals surface area (Å²) in [5.74, 6) is 0.754. The predicted molar refractivity (Wildman–Crippen MR) is 141 cm³/mol. The number of ether oxygens (including phenoxy) is 1. The van der Waals surface area contributed by atoms with E-state index in [0.29, 0.717) is 31.5 Å². The first-order valence-electron chi connectivity index (χ1n) is 12.5. The second-order valence-corrected chi connectivity index (χ2v) is 10.5. The summed E-state index contributed by atoms with van der Waals surface area (Å²) in [6.07, 6.45) is 1.63. The zero-order valence-electron chi connectivity index (χ0n) is 21.3. The molecule has 2 heterocycles. The number of benzene rings is 2. The summed E-state index contributed by atoms with van der Waals surface area (Å²) in [4.78, 5) is 27.2. The van der Waals surface area contributed by atoms with Gasteiger partial charge in [-0.25, -0.2) is 4.79 Å². The maximum atomic E-state index is 12.9. The number of amides is 1. The summed E-state index contributed by atoms with van der Waals surface area (Å²) in [7, 11) is 1.83. The molecule has 4 rings (SSSR count). The van der Waals surface area contributed by atoms with Gasteiger partial charge in [0.05, 0.1) is 5.52 Å². The summed E-state index contributed by atoms with van der Waals surface area (Å²) in [5.41, 5.74) is 2.57. The Hall–Kier alpha value is -3.12. The van der Waals surface area contributed by atoms with E-state index in [2.05, 4.69) is 29.6 Å². The zero-order chi connectivity index (χ0) is 25.0. The second-order valence-electron chi connectivity index (χ2n) is 10.5. The van der Waals surface area contributed by atoms with E-state index in [0.717, 1.165) is 35.9 Å². The second kappa shape index (κ2) is 10.6. The van der Waals surface area contributed by atoms with Crippen LogP contribution in [0.2, 0.25) is 0 Å². The molecular weight excluding hydrogens is 438 g/mol. The third kappa shape index (κ3) is 6.12. The Bertz CT molecular complexity index is 1210. The first-order chi connectivity index (χ1) is 16.7. The molecular formula is C29H37N3O3. The number of rotatable bonds is 6. The molecule has 186 valence electrons. The standard InChI is InChI=1S/C29H37N3O3/c1-29(2,3)35-28(34)32-16-14-22(15-17-32)25(21-10-6-5-7-11-21)20-30-19-24-18-23-12-8-9-13-26(23)31(4)27(24)33/h5-13,18,22,25,30H,14-17,19-20H2,1-4H3. The van der Waals surface area contributed by atoms with E-state index < -0.39 is 5.60 Å². The first kappa shape index (κ1) is 25.0. The Balaban J connectivity index is 1.44. The summed E-state index contributed by atoms with van der Waals surface area (Å²) >= 11 is 0. The SMILES string of the molecule is Cn1c(=O)c(CNCC(c2ccccc2)C2CCN(C(=O)OC(C)(C)C)CC2)cc2ccccc21. The molecule has 1 aromatic heterocycles. The van der Waals surface area contributed by atoms with Crippen LogP contribution in [0, 0.1) is 5.92 Å². The van der Waals surface area contributed by atoms with E-state index in [4.69, 9.17) is 4.74 Å². The first-order valence-corrected chi connectivity index (χ1v) is 12.5.